The first-order valence-corrected chi connectivity index (χ1v) is 11.1. The fraction of sp³-hybridized carbons (Fsp3) is 0.320. The van der Waals surface area contributed by atoms with Gasteiger partial charge in [0.15, 0.2) is 5.82 Å². The van der Waals surface area contributed by atoms with Crippen LogP contribution in [0, 0.1) is 0 Å². The first-order valence-electron chi connectivity index (χ1n) is 11.1. The van der Waals surface area contributed by atoms with Gasteiger partial charge in [-0.25, -0.2) is 9.97 Å². The van der Waals surface area contributed by atoms with E-state index in [9.17, 15) is 0 Å². The van der Waals surface area contributed by atoms with E-state index in [-0.39, 0.29) is 5.41 Å². The number of fused-ring (bicyclic) bond motifs is 3. The molecule has 1 aliphatic heterocycles. The van der Waals surface area contributed by atoms with Gasteiger partial charge in [-0.3, -0.25) is 9.25 Å². The maximum atomic E-state index is 4.87. The van der Waals surface area contributed by atoms with E-state index < -0.39 is 0 Å². The van der Waals surface area contributed by atoms with Gasteiger partial charge < -0.3 is 9.88 Å². The van der Waals surface area contributed by atoms with E-state index in [1.165, 1.54) is 11.1 Å². The molecule has 7 nitrogen and oxygen atoms in total. The van der Waals surface area contributed by atoms with E-state index in [1.54, 1.807) is 6.20 Å². The summed E-state index contributed by atoms with van der Waals surface area (Å²) < 4.78 is 3.97. The summed E-state index contributed by atoms with van der Waals surface area (Å²) in [5.74, 6) is 2.47. The highest BCUT2D eigenvalue weighted by Crippen LogP contribution is 2.35. The van der Waals surface area contributed by atoms with Crippen molar-refractivity contribution in [1.82, 2.24) is 29.3 Å². The average molecular weight is 428 g/mol. The summed E-state index contributed by atoms with van der Waals surface area (Å²) in [7, 11) is 0. The summed E-state index contributed by atoms with van der Waals surface area (Å²) in [6, 6.07) is 8.72. The number of anilines is 1. The van der Waals surface area contributed by atoms with Gasteiger partial charge >= 0.3 is 0 Å². The van der Waals surface area contributed by atoms with E-state index in [0.29, 0.717) is 6.54 Å². The first kappa shape index (κ1) is 20.3. The Balaban J connectivity index is 1.44. The van der Waals surface area contributed by atoms with Gasteiger partial charge in [0.25, 0.3) is 0 Å². The Morgan fingerprint density at radius 1 is 1.19 bits per heavy atom. The van der Waals surface area contributed by atoms with Crippen LogP contribution < -0.4 is 4.90 Å². The number of nitrogens with zero attached hydrogens (tertiary/aromatic N) is 6. The largest absolute Gasteiger partial charge is 0.335 e. The zero-order chi connectivity index (χ0) is 22.5. The third kappa shape index (κ3) is 3.43. The third-order valence-electron chi connectivity index (χ3n) is 5.88. The van der Waals surface area contributed by atoms with Crippen LogP contribution in [0.4, 0.5) is 5.95 Å². The number of aromatic amines is 1. The number of benzene rings is 1. The lowest BCUT2D eigenvalue weighted by Gasteiger charge is -2.29. The highest BCUT2D eigenvalue weighted by Gasteiger charge is 2.29. The molecule has 1 aliphatic rings. The quantitative estimate of drug-likeness (QED) is 0.486. The van der Waals surface area contributed by atoms with Crippen LogP contribution in [-0.2, 0) is 12.0 Å². The normalized spacial score (nSPS) is 13.4. The summed E-state index contributed by atoms with van der Waals surface area (Å²) in [6.45, 7) is 14.7. The molecule has 0 bridgehead atoms. The molecule has 0 saturated heterocycles. The molecule has 0 radical (unpaired) electrons. The summed E-state index contributed by atoms with van der Waals surface area (Å²) in [4.78, 5) is 15.0. The zero-order valence-electron chi connectivity index (χ0n) is 19.1. The van der Waals surface area contributed by atoms with Crippen molar-refractivity contribution in [2.24, 2.45) is 0 Å². The second kappa shape index (κ2) is 7.51. The maximum absolute atomic E-state index is 4.87. The number of hydrogen-bond donors (Lipinski definition) is 1. The molecular weight excluding hydrogens is 398 g/mol. The second-order valence-corrected chi connectivity index (χ2v) is 9.36. The highest BCUT2D eigenvalue weighted by atomic mass is 15.4. The Bertz CT molecular complexity index is 1280. The molecule has 3 aromatic heterocycles. The molecule has 7 heteroatoms. The number of imidazole rings is 2. The highest BCUT2D eigenvalue weighted by molar-refractivity contribution is 5.82. The monoisotopic (exact) mass is 427 g/mol. The van der Waals surface area contributed by atoms with Gasteiger partial charge in [0.2, 0.25) is 5.95 Å². The molecule has 4 heterocycles. The molecule has 0 fully saturated rings. The fourth-order valence-corrected chi connectivity index (χ4v) is 4.15. The minimum Gasteiger partial charge on any atom is -0.335 e. The van der Waals surface area contributed by atoms with Gasteiger partial charge in [0.05, 0.1) is 24.0 Å². The molecule has 0 saturated carbocycles. The SMILES string of the molecule is C=C1c2[nH]c(-c3cnn(Cc4cccc(C(C)(C)C)c4)c3)nc2-n2ccnc2N1CCC. The summed E-state index contributed by atoms with van der Waals surface area (Å²) >= 11 is 0. The lowest BCUT2D eigenvalue weighted by atomic mass is 9.86. The zero-order valence-corrected chi connectivity index (χ0v) is 19.1. The van der Waals surface area contributed by atoms with Gasteiger partial charge in [0.1, 0.15) is 11.5 Å². The van der Waals surface area contributed by atoms with Crippen LogP contribution in [0.2, 0.25) is 0 Å². The van der Waals surface area contributed by atoms with E-state index in [0.717, 1.165) is 47.5 Å². The predicted octanol–water partition coefficient (Wildman–Crippen LogP) is 5.01. The lowest BCUT2D eigenvalue weighted by Crippen LogP contribution is -2.29. The van der Waals surface area contributed by atoms with Gasteiger partial charge in [-0.15, -0.1) is 0 Å². The van der Waals surface area contributed by atoms with Crippen molar-refractivity contribution in [3.63, 3.8) is 0 Å². The molecule has 1 N–H and O–H groups in total. The van der Waals surface area contributed by atoms with Crippen molar-refractivity contribution in [3.05, 3.63) is 72.5 Å². The van der Waals surface area contributed by atoms with Crippen LogP contribution in [0.5, 0.6) is 0 Å². The molecule has 1 aromatic carbocycles. The molecule has 0 spiro atoms. The van der Waals surface area contributed by atoms with Crippen LogP contribution in [-0.4, -0.2) is 35.8 Å². The minimum absolute atomic E-state index is 0.124. The van der Waals surface area contributed by atoms with Crippen molar-refractivity contribution in [2.75, 3.05) is 11.4 Å². The van der Waals surface area contributed by atoms with Crippen LogP contribution in [0.15, 0.2) is 55.6 Å². The molecule has 0 unspecified atom stereocenters. The molecule has 5 rings (SSSR count). The summed E-state index contributed by atoms with van der Waals surface area (Å²) in [6.07, 6.45) is 8.65. The lowest BCUT2D eigenvalue weighted by molar-refractivity contribution is 0.587. The van der Waals surface area contributed by atoms with Crippen molar-refractivity contribution in [2.45, 2.75) is 46.1 Å². The van der Waals surface area contributed by atoms with Crippen LogP contribution in [0.25, 0.3) is 22.9 Å². The van der Waals surface area contributed by atoms with Gasteiger partial charge in [-0.2, -0.15) is 5.10 Å². The molecule has 4 aromatic rings. The first-order chi connectivity index (χ1) is 15.3. The third-order valence-corrected chi connectivity index (χ3v) is 5.88. The summed E-state index contributed by atoms with van der Waals surface area (Å²) in [5, 5.41) is 4.59. The molecule has 0 amide bonds. The number of H-pyrrole nitrogens is 1. The predicted molar refractivity (Wildman–Crippen MR) is 128 cm³/mol. The van der Waals surface area contributed by atoms with E-state index >= 15 is 0 Å². The topological polar surface area (TPSA) is 67.6 Å². The summed E-state index contributed by atoms with van der Waals surface area (Å²) in [5.41, 5.74) is 5.45. The number of rotatable bonds is 5. The Morgan fingerprint density at radius 2 is 2.03 bits per heavy atom. The minimum atomic E-state index is 0.124. The van der Waals surface area contributed by atoms with E-state index in [2.05, 4.69) is 78.5 Å². The van der Waals surface area contributed by atoms with Crippen molar-refractivity contribution in [3.8, 4) is 17.2 Å². The van der Waals surface area contributed by atoms with Gasteiger partial charge in [-0.1, -0.05) is 58.5 Å². The van der Waals surface area contributed by atoms with E-state index in [4.69, 9.17) is 4.98 Å². The van der Waals surface area contributed by atoms with Crippen LogP contribution in [0.3, 0.4) is 0 Å². The number of hydrogen-bond acceptors (Lipinski definition) is 4. The second-order valence-electron chi connectivity index (χ2n) is 9.36. The van der Waals surface area contributed by atoms with Crippen LogP contribution in [0.1, 0.15) is 50.9 Å². The maximum Gasteiger partial charge on any atom is 0.216 e. The standard InChI is InChI=1S/C25H29N7/c1-6-11-31-17(2)21-23(32-12-10-26-24(31)32)29-22(28-21)19-14-27-30(16-19)15-18-8-7-9-20(13-18)25(3,4)5/h7-10,12-14,16H,2,6,11,15H2,1,3-5H3,(H,28,29). The fourth-order valence-electron chi connectivity index (χ4n) is 4.15. The van der Waals surface area contributed by atoms with E-state index in [1.807, 2.05) is 27.8 Å². The molecule has 0 atom stereocenters. The molecule has 32 heavy (non-hydrogen) atoms. The molecular formula is C25H29N7. The van der Waals surface area contributed by atoms with Crippen molar-refractivity contribution >= 4 is 11.6 Å². The van der Waals surface area contributed by atoms with Crippen molar-refractivity contribution < 1.29 is 0 Å². The average Bonchev–Trinajstić information content (AvgIpc) is 3.49. The Kier molecular flexibility index (Phi) is 4.77. The van der Waals surface area contributed by atoms with Gasteiger partial charge in [-0.05, 0) is 23.0 Å². The van der Waals surface area contributed by atoms with Gasteiger partial charge in [0, 0.05) is 25.1 Å². The number of aromatic nitrogens is 6. The Hall–Kier alpha value is -3.61. The van der Waals surface area contributed by atoms with Crippen LogP contribution >= 0.6 is 0 Å². The molecule has 164 valence electrons. The molecule has 0 aliphatic carbocycles. The Labute approximate surface area is 188 Å². The van der Waals surface area contributed by atoms with Crippen molar-refractivity contribution in [1.29, 1.82) is 0 Å². The Morgan fingerprint density at radius 3 is 2.81 bits per heavy atom. The smallest absolute Gasteiger partial charge is 0.216 e. The number of nitrogens with one attached hydrogen (secondary N) is 1.